The zero-order valence-electron chi connectivity index (χ0n) is 10.6. The molecule has 0 unspecified atom stereocenters. The van der Waals surface area contributed by atoms with Crippen molar-refractivity contribution in [2.24, 2.45) is 0 Å². The monoisotopic (exact) mass is 218 g/mol. The molecule has 1 aliphatic rings. The van der Waals surface area contributed by atoms with Gasteiger partial charge in [-0.3, -0.25) is 4.98 Å². The highest BCUT2D eigenvalue weighted by atomic mass is 15.1. The fourth-order valence-electron chi connectivity index (χ4n) is 2.47. The summed E-state index contributed by atoms with van der Waals surface area (Å²) in [6.07, 6.45) is 4.62. The maximum Gasteiger partial charge on any atom is 0.0372 e. The van der Waals surface area contributed by atoms with Crippen LogP contribution in [0, 0.1) is 6.92 Å². The fourth-order valence-corrected chi connectivity index (χ4v) is 2.47. The molecule has 88 valence electrons. The van der Waals surface area contributed by atoms with Crippen molar-refractivity contribution in [2.75, 3.05) is 13.1 Å². The third-order valence-electron chi connectivity index (χ3n) is 3.67. The first-order valence-electron chi connectivity index (χ1n) is 6.33. The number of pyridine rings is 1. The zero-order chi connectivity index (χ0) is 11.5. The molecule has 0 bridgehead atoms. The summed E-state index contributed by atoms with van der Waals surface area (Å²) in [5, 5.41) is 0. The van der Waals surface area contributed by atoms with Gasteiger partial charge in [0.1, 0.15) is 0 Å². The van der Waals surface area contributed by atoms with Crippen LogP contribution in [0.3, 0.4) is 0 Å². The van der Waals surface area contributed by atoms with Crippen LogP contribution in [0.5, 0.6) is 0 Å². The Kier molecular flexibility index (Phi) is 3.59. The molecule has 0 aliphatic carbocycles. The van der Waals surface area contributed by atoms with Gasteiger partial charge in [0.2, 0.25) is 0 Å². The molecule has 2 nitrogen and oxygen atoms in total. The highest BCUT2D eigenvalue weighted by Gasteiger charge is 2.21. The summed E-state index contributed by atoms with van der Waals surface area (Å²) in [5.41, 5.74) is 2.54. The summed E-state index contributed by atoms with van der Waals surface area (Å²) in [5.74, 6) is 0.725. The van der Waals surface area contributed by atoms with Gasteiger partial charge < -0.3 is 4.90 Å². The minimum Gasteiger partial charge on any atom is -0.301 e. The molecule has 0 atom stereocenters. The van der Waals surface area contributed by atoms with Crippen molar-refractivity contribution in [1.82, 2.24) is 9.88 Å². The Morgan fingerprint density at radius 3 is 2.44 bits per heavy atom. The Hall–Kier alpha value is -0.890. The molecule has 2 rings (SSSR count). The zero-order valence-corrected chi connectivity index (χ0v) is 10.6. The van der Waals surface area contributed by atoms with Gasteiger partial charge >= 0.3 is 0 Å². The second-order valence-corrected chi connectivity index (χ2v) is 5.14. The quantitative estimate of drug-likeness (QED) is 0.758. The number of likely N-dealkylation sites (tertiary alicyclic amines) is 1. The lowest BCUT2D eigenvalue weighted by atomic mass is 9.90. The molecule has 16 heavy (non-hydrogen) atoms. The van der Waals surface area contributed by atoms with Gasteiger partial charge in [-0.25, -0.2) is 0 Å². The van der Waals surface area contributed by atoms with E-state index < -0.39 is 0 Å². The van der Waals surface area contributed by atoms with E-state index in [0.29, 0.717) is 6.04 Å². The molecule has 0 N–H and O–H groups in total. The van der Waals surface area contributed by atoms with Gasteiger partial charge in [0, 0.05) is 17.9 Å². The Morgan fingerprint density at radius 2 is 1.94 bits per heavy atom. The molecule has 1 fully saturated rings. The van der Waals surface area contributed by atoms with Crippen LogP contribution in [0.1, 0.15) is 43.9 Å². The van der Waals surface area contributed by atoms with E-state index in [9.17, 15) is 0 Å². The van der Waals surface area contributed by atoms with E-state index in [2.05, 4.69) is 42.1 Å². The van der Waals surface area contributed by atoms with Crippen molar-refractivity contribution in [3.63, 3.8) is 0 Å². The smallest absolute Gasteiger partial charge is 0.0372 e. The summed E-state index contributed by atoms with van der Waals surface area (Å²) in [6, 6.07) is 5.07. The van der Waals surface area contributed by atoms with Gasteiger partial charge in [0.05, 0.1) is 0 Å². The molecule has 1 aliphatic heterocycles. The van der Waals surface area contributed by atoms with Crippen LogP contribution in [0.2, 0.25) is 0 Å². The summed E-state index contributed by atoms with van der Waals surface area (Å²) >= 11 is 0. The van der Waals surface area contributed by atoms with Gasteiger partial charge in [0.15, 0.2) is 0 Å². The van der Waals surface area contributed by atoms with Crippen LogP contribution in [0.4, 0.5) is 0 Å². The Morgan fingerprint density at radius 1 is 1.25 bits per heavy atom. The van der Waals surface area contributed by atoms with Crippen LogP contribution in [0.25, 0.3) is 0 Å². The lowest BCUT2D eigenvalue weighted by molar-refractivity contribution is 0.172. The first kappa shape index (κ1) is 11.6. The molecule has 0 spiro atoms. The third-order valence-corrected chi connectivity index (χ3v) is 3.67. The number of hydrogen-bond donors (Lipinski definition) is 0. The van der Waals surface area contributed by atoms with E-state index >= 15 is 0 Å². The molecule has 0 radical (unpaired) electrons. The highest BCUT2D eigenvalue weighted by Crippen LogP contribution is 2.28. The number of aromatic nitrogens is 1. The Bertz CT molecular complexity index is 321. The maximum absolute atomic E-state index is 4.39. The standard InChI is InChI=1S/C14H22N2/c1-11(2)16-8-6-13(7-9-16)14-5-4-12(3)15-10-14/h4-5,10-11,13H,6-9H2,1-3H3. The van der Waals surface area contributed by atoms with Crippen molar-refractivity contribution < 1.29 is 0 Å². The molecular formula is C14H22N2. The van der Waals surface area contributed by atoms with Crippen molar-refractivity contribution in [2.45, 2.75) is 45.6 Å². The van der Waals surface area contributed by atoms with Crippen LogP contribution in [-0.2, 0) is 0 Å². The minimum absolute atomic E-state index is 0.692. The van der Waals surface area contributed by atoms with Crippen LogP contribution >= 0.6 is 0 Å². The van der Waals surface area contributed by atoms with E-state index in [4.69, 9.17) is 0 Å². The fraction of sp³-hybridized carbons (Fsp3) is 0.643. The van der Waals surface area contributed by atoms with Gasteiger partial charge in [-0.1, -0.05) is 6.07 Å². The molecule has 2 heteroatoms. The number of nitrogens with zero attached hydrogens (tertiary/aromatic N) is 2. The first-order valence-corrected chi connectivity index (χ1v) is 6.33. The summed E-state index contributed by atoms with van der Waals surface area (Å²) in [6.45, 7) is 9.08. The molecule has 0 saturated carbocycles. The van der Waals surface area contributed by atoms with Gasteiger partial charge in [-0.2, -0.15) is 0 Å². The van der Waals surface area contributed by atoms with Crippen molar-refractivity contribution in [3.8, 4) is 0 Å². The lowest BCUT2D eigenvalue weighted by Crippen LogP contribution is -2.37. The third kappa shape index (κ3) is 2.62. The minimum atomic E-state index is 0.692. The molecule has 1 aromatic rings. The SMILES string of the molecule is Cc1ccc(C2CCN(C(C)C)CC2)cn1. The lowest BCUT2D eigenvalue weighted by Gasteiger charge is -2.34. The largest absolute Gasteiger partial charge is 0.301 e. The van der Waals surface area contributed by atoms with E-state index in [0.717, 1.165) is 11.6 Å². The molecule has 0 amide bonds. The average molecular weight is 218 g/mol. The van der Waals surface area contributed by atoms with Crippen molar-refractivity contribution in [3.05, 3.63) is 29.6 Å². The second-order valence-electron chi connectivity index (χ2n) is 5.14. The molecule has 2 heterocycles. The van der Waals surface area contributed by atoms with Crippen LogP contribution in [-0.4, -0.2) is 29.0 Å². The normalized spacial score (nSPS) is 19.2. The topological polar surface area (TPSA) is 16.1 Å². The molecule has 1 saturated heterocycles. The number of rotatable bonds is 2. The van der Waals surface area contributed by atoms with E-state index in [1.165, 1.54) is 31.5 Å². The molecule has 1 aromatic heterocycles. The van der Waals surface area contributed by atoms with E-state index in [1.54, 1.807) is 0 Å². The van der Waals surface area contributed by atoms with Crippen molar-refractivity contribution >= 4 is 0 Å². The van der Waals surface area contributed by atoms with Gasteiger partial charge in [0.25, 0.3) is 0 Å². The van der Waals surface area contributed by atoms with E-state index in [1.807, 2.05) is 6.92 Å². The maximum atomic E-state index is 4.39. The Labute approximate surface area is 98.7 Å². The molecular weight excluding hydrogens is 196 g/mol. The van der Waals surface area contributed by atoms with Crippen molar-refractivity contribution in [1.29, 1.82) is 0 Å². The number of aryl methyl sites for hydroxylation is 1. The summed E-state index contributed by atoms with van der Waals surface area (Å²) < 4.78 is 0. The van der Waals surface area contributed by atoms with Crippen LogP contribution < -0.4 is 0 Å². The second kappa shape index (κ2) is 4.96. The summed E-state index contributed by atoms with van der Waals surface area (Å²) in [4.78, 5) is 6.96. The number of piperidine rings is 1. The predicted octanol–water partition coefficient (Wildman–Crippen LogP) is 2.98. The number of hydrogen-bond acceptors (Lipinski definition) is 2. The highest BCUT2D eigenvalue weighted by molar-refractivity contribution is 5.18. The van der Waals surface area contributed by atoms with Gasteiger partial charge in [-0.15, -0.1) is 0 Å². The first-order chi connectivity index (χ1) is 7.66. The van der Waals surface area contributed by atoms with Crippen LogP contribution in [0.15, 0.2) is 18.3 Å². The Balaban J connectivity index is 1.96. The molecule has 0 aromatic carbocycles. The summed E-state index contributed by atoms with van der Waals surface area (Å²) in [7, 11) is 0. The van der Waals surface area contributed by atoms with E-state index in [-0.39, 0.29) is 0 Å². The average Bonchev–Trinajstić information content (AvgIpc) is 2.30. The van der Waals surface area contributed by atoms with Gasteiger partial charge in [-0.05, 0) is 64.3 Å². The predicted molar refractivity (Wildman–Crippen MR) is 67.7 cm³/mol.